The zero-order chi connectivity index (χ0) is 23.1. The number of sulfonamides is 1. The van der Waals surface area contributed by atoms with Gasteiger partial charge in [-0.1, -0.05) is 40.5 Å². The van der Waals surface area contributed by atoms with Gasteiger partial charge in [0.1, 0.15) is 6.54 Å². The average molecular weight is 523 g/mol. The molecule has 0 radical (unpaired) electrons. The number of aryl methyl sites for hydroxylation is 1. The minimum Gasteiger partial charge on any atom is -0.354 e. The molecule has 8 heteroatoms. The molecule has 0 atom stereocenters. The van der Waals surface area contributed by atoms with Gasteiger partial charge in [-0.2, -0.15) is 0 Å². The van der Waals surface area contributed by atoms with E-state index in [1.165, 1.54) is 17.1 Å². The molecule has 2 aromatic rings. The third-order valence-electron chi connectivity index (χ3n) is 5.86. The highest BCUT2D eigenvalue weighted by Gasteiger charge is 2.27. The van der Waals surface area contributed by atoms with Crippen LogP contribution in [0.5, 0.6) is 0 Å². The summed E-state index contributed by atoms with van der Waals surface area (Å²) >= 11 is 3.38. The molecule has 0 saturated carbocycles. The molecule has 0 aliphatic carbocycles. The molecule has 1 aliphatic rings. The number of nitrogens with zero attached hydrogens (tertiary/aromatic N) is 2. The number of halogens is 1. The lowest BCUT2D eigenvalue weighted by molar-refractivity contribution is -0.119. The number of rotatable bonds is 9. The van der Waals surface area contributed by atoms with Crippen molar-refractivity contribution < 1.29 is 13.2 Å². The molecule has 1 saturated heterocycles. The van der Waals surface area contributed by atoms with Crippen LogP contribution in [0.2, 0.25) is 0 Å². The Bertz CT molecular complexity index is 986. The molecule has 0 bridgehead atoms. The molecule has 32 heavy (non-hydrogen) atoms. The summed E-state index contributed by atoms with van der Waals surface area (Å²) in [4.78, 5) is 15.3. The number of amides is 1. The fourth-order valence-electron chi connectivity index (χ4n) is 3.76. The van der Waals surface area contributed by atoms with Gasteiger partial charge in [-0.3, -0.25) is 9.10 Å². The Morgan fingerprint density at radius 2 is 1.72 bits per heavy atom. The lowest BCUT2D eigenvalue weighted by Gasteiger charge is -2.30. The summed E-state index contributed by atoms with van der Waals surface area (Å²) in [5, 5.41) is 2.89. The van der Waals surface area contributed by atoms with E-state index in [-0.39, 0.29) is 17.3 Å². The van der Waals surface area contributed by atoms with Gasteiger partial charge >= 0.3 is 0 Å². The van der Waals surface area contributed by atoms with Crippen molar-refractivity contribution in [1.29, 1.82) is 0 Å². The van der Waals surface area contributed by atoms with Crippen LogP contribution >= 0.6 is 15.9 Å². The van der Waals surface area contributed by atoms with Gasteiger partial charge in [0.05, 0.1) is 10.6 Å². The summed E-state index contributed by atoms with van der Waals surface area (Å²) in [7, 11) is -3.88. The third kappa shape index (κ3) is 6.80. The fourth-order valence-corrected chi connectivity index (χ4v) is 5.45. The number of benzene rings is 2. The second-order valence-electron chi connectivity index (χ2n) is 8.53. The average Bonchev–Trinajstić information content (AvgIpc) is 2.77. The van der Waals surface area contributed by atoms with Crippen LogP contribution in [-0.2, 0) is 14.8 Å². The van der Waals surface area contributed by atoms with Crippen LogP contribution in [0.1, 0.15) is 31.7 Å². The fraction of sp³-hybridized carbons (Fsp3) is 0.458. The molecule has 1 N–H and O–H groups in total. The molecule has 0 spiro atoms. The minimum absolute atomic E-state index is 0.165. The SMILES string of the molecule is Cc1ccc(S(=O)(=O)N(CC(=O)NCCCN2CCC(C)CC2)c2ccc(Br)cc2)cc1. The Labute approximate surface area is 200 Å². The normalized spacial score (nSPS) is 15.5. The molecule has 3 rings (SSSR count). The van der Waals surface area contributed by atoms with E-state index in [0.717, 1.165) is 42.0 Å². The standard InChI is InChI=1S/C24H32BrN3O3S/c1-19-4-10-23(11-5-19)32(30,31)28(22-8-6-21(25)7-9-22)18-24(29)26-14-3-15-27-16-12-20(2)13-17-27/h4-11,20H,3,12-18H2,1-2H3,(H,26,29). The van der Waals surface area contributed by atoms with E-state index >= 15 is 0 Å². The molecule has 174 valence electrons. The molecule has 2 aromatic carbocycles. The largest absolute Gasteiger partial charge is 0.354 e. The van der Waals surface area contributed by atoms with Gasteiger partial charge < -0.3 is 10.2 Å². The van der Waals surface area contributed by atoms with E-state index in [1.54, 1.807) is 48.5 Å². The number of hydrogen-bond acceptors (Lipinski definition) is 4. The highest BCUT2D eigenvalue weighted by atomic mass is 79.9. The van der Waals surface area contributed by atoms with Gasteiger partial charge in [0.25, 0.3) is 10.0 Å². The van der Waals surface area contributed by atoms with Crippen LogP contribution in [0.4, 0.5) is 5.69 Å². The van der Waals surface area contributed by atoms with E-state index in [1.807, 2.05) is 6.92 Å². The number of likely N-dealkylation sites (tertiary alicyclic amines) is 1. The van der Waals surface area contributed by atoms with Crippen LogP contribution in [0.15, 0.2) is 57.9 Å². The molecular weight excluding hydrogens is 490 g/mol. The Morgan fingerprint density at radius 3 is 2.34 bits per heavy atom. The van der Waals surface area contributed by atoms with E-state index in [0.29, 0.717) is 12.2 Å². The first-order chi connectivity index (χ1) is 15.3. The topological polar surface area (TPSA) is 69.7 Å². The highest BCUT2D eigenvalue weighted by Crippen LogP contribution is 2.25. The van der Waals surface area contributed by atoms with Gasteiger partial charge in [0.2, 0.25) is 5.91 Å². The zero-order valence-corrected chi connectivity index (χ0v) is 21.2. The lowest BCUT2D eigenvalue weighted by Crippen LogP contribution is -2.41. The van der Waals surface area contributed by atoms with Crippen molar-refractivity contribution in [3.8, 4) is 0 Å². The van der Waals surface area contributed by atoms with Gasteiger partial charge in [0.15, 0.2) is 0 Å². The Hall–Kier alpha value is -1.90. The van der Waals surface area contributed by atoms with Gasteiger partial charge in [-0.15, -0.1) is 0 Å². The van der Waals surface area contributed by atoms with Gasteiger partial charge in [0, 0.05) is 11.0 Å². The maximum Gasteiger partial charge on any atom is 0.264 e. The zero-order valence-electron chi connectivity index (χ0n) is 18.8. The predicted octanol–water partition coefficient (Wildman–Crippen LogP) is 4.19. The molecule has 1 heterocycles. The molecule has 1 amide bonds. The number of piperidine rings is 1. The van der Waals surface area contributed by atoms with Gasteiger partial charge in [-0.25, -0.2) is 8.42 Å². The monoisotopic (exact) mass is 521 g/mol. The Balaban J connectivity index is 1.64. The molecule has 1 fully saturated rings. The first kappa shape index (κ1) is 24.7. The van der Waals surface area contributed by atoms with Crippen LogP contribution in [-0.4, -0.2) is 51.9 Å². The molecule has 0 unspecified atom stereocenters. The number of carbonyl (C=O) groups is 1. The third-order valence-corrected chi connectivity index (χ3v) is 8.18. The Morgan fingerprint density at radius 1 is 1.09 bits per heavy atom. The molecule has 0 aromatic heterocycles. The quantitative estimate of drug-likeness (QED) is 0.502. The second kappa shape index (κ2) is 11.3. The van der Waals surface area contributed by atoms with E-state index in [2.05, 4.69) is 33.1 Å². The molecular formula is C24H32BrN3O3S. The van der Waals surface area contributed by atoms with Crippen molar-refractivity contribution in [1.82, 2.24) is 10.2 Å². The van der Waals surface area contributed by atoms with Crippen LogP contribution in [0.25, 0.3) is 0 Å². The lowest BCUT2D eigenvalue weighted by atomic mass is 9.99. The summed E-state index contributed by atoms with van der Waals surface area (Å²) in [5.41, 5.74) is 1.42. The van der Waals surface area contributed by atoms with Crippen molar-refractivity contribution in [2.75, 3.05) is 37.0 Å². The van der Waals surface area contributed by atoms with Gasteiger partial charge in [-0.05, 0) is 88.1 Å². The summed E-state index contributed by atoms with van der Waals surface area (Å²) in [5.74, 6) is 0.488. The molecule has 1 aliphatic heterocycles. The minimum atomic E-state index is -3.88. The number of hydrogen-bond donors (Lipinski definition) is 1. The van der Waals surface area contributed by atoms with E-state index in [9.17, 15) is 13.2 Å². The van der Waals surface area contributed by atoms with Crippen LogP contribution in [0.3, 0.4) is 0 Å². The van der Waals surface area contributed by atoms with Crippen molar-refractivity contribution in [2.45, 2.75) is 38.0 Å². The number of carbonyl (C=O) groups excluding carboxylic acids is 1. The van der Waals surface area contributed by atoms with E-state index in [4.69, 9.17) is 0 Å². The Kier molecular flexibility index (Phi) is 8.73. The van der Waals surface area contributed by atoms with Crippen molar-refractivity contribution in [3.05, 3.63) is 58.6 Å². The second-order valence-corrected chi connectivity index (χ2v) is 11.3. The smallest absolute Gasteiger partial charge is 0.264 e. The first-order valence-electron chi connectivity index (χ1n) is 11.1. The maximum atomic E-state index is 13.4. The van der Waals surface area contributed by atoms with Crippen LogP contribution in [0, 0.1) is 12.8 Å². The van der Waals surface area contributed by atoms with Crippen LogP contribution < -0.4 is 9.62 Å². The first-order valence-corrected chi connectivity index (χ1v) is 13.3. The predicted molar refractivity (Wildman–Crippen MR) is 132 cm³/mol. The van der Waals surface area contributed by atoms with Crippen molar-refractivity contribution in [3.63, 3.8) is 0 Å². The summed E-state index contributed by atoms with van der Waals surface area (Å²) in [6.45, 7) is 7.64. The number of anilines is 1. The summed E-state index contributed by atoms with van der Waals surface area (Å²) in [6, 6.07) is 13.6. The summed E-state index contributed by atoms with van der Waals surface area (Å²) < 4.78 is 28.7. The highest BCUT2D eigenvalue weighted by molar-refractivity contribution is 9.10. The molecule has 6 nitrogen and oxygen atoms in total. The number of nitrogens with one attached hydrogen (secondary N) is 1. The maximum absolute atomic E-state index is 13.4. The van der Waals surface area contributed by atoms with Crippen molar-refractivity contribution >= 4 is 37.5 Å². The summed E-state index contributed by atoms with van der Waals surface area (Å²) in [6.07, 6.45) is 3.31. The van der Waals surface area contributed by atoms with Crippen molar-refractivity contribution in [2.24, 2.45) is 5.92 Å². The van der Waals surface area contributed by atoms with E-state index < -0.39 is 10.0 Å².